The van der Waals surface area contributed by atoms with Crippen molar-refractivity contribution in [3.63, 3.8) is 0 Å². The van der Waals surface area contributed by atoms with Crippen LogP contribution in [0.3, 0.4) is 0 Å². The number of rotatable bonds is 12. The Morgan fingerprint density at radius 3 is 0.545 bits per heavy atom. The first-order valence-corrected chi connectivity index (χ1v) is 10.4. The molecule has 0 heterocycles. The van der Waals surface area contributed by atoms with E-state index in [1.807, 2.05) is 0 Å². The number of nitrogens with two attached hydrogens (primary N) is 1. The molecular weight excluding hydrogens is 747 g/mol. The number of halogens is 27. The molecule has 0 aromatic carbocycles. The highest BCUT2D eigenvalue weighted by Gasteiger charge is 3.00. The van der Waals surface area contributed by atoms with Crippen LogP contribution < -0.4 is 5.14 Å². The average Bonchev–Trinajstić information content (AvgIpc) is 2.75. The molecule has 0 atom stereocenters. The molecule has 0 radical (unpaired) electrons. The van der Waals surface area contributed by atoms with Crippen LogP contribution in [0.25, 0.3) is 0 Å². The molecule has 0 aliphatic carbocycles. The van der Waals surface area contributed by atoms with Crippen LogP contribution in [0, 0.1) is 0 Å². The normalized spacial score (nSPS) is 17.3. The maximum Gasteiger partial charge on any atom is 0.460 e. The molecule has 0 aromatic rings. The second kappa shape index (κ2) is 9.77. The van der Waals surface area contributed by atoms with E-state index < -0.39 is 86.6 Å². The van der Waals surface area contributed by atoms with E-state index in [4.69, 9.17) is 0 Å². The highest BCUT2D eigenvalue weighted by Crippen LogP contribution is 2.68. The van der Waals surface area contributed by atoms with Crippen molar-refractivity contribution in [3.05, 3.63) is 0 Å². The fourth-order valence-corrected chi connectivity index (χ4v) is 2.80. The van der Waals surface area contributed by atoms with Crippen LogP contribution in [0.15, 0.2) is 0 Å². The third-order valence-corrected chi connectivity index (χ3v) is 5.99. The van der Waals surface area contributed by atoms with Gasteiger partial charge in [0.25, 0.3) is 10.0 Å². The lowest BCUT2D eigenvalue weighted by atomic mass is 9.84. The van der Waals surface area contributed by atoms with E-state index in [9.17, 15) is 127 Å². The van der Waals surface area contributed by atoms with Crippen molar-refractivity contribution in [2.24, 2.45) is 5.14 Å². The highest BCUT2D eigenvalue weighted by molar-refractivity contribution is 7.90. The molecule has 0 aliphatic rings. The van der Waals surface area contributed by atoms with Gasteiger partial charge in [-0.2, -0.15) is 119 Å². The van der Waals surface area contributed by atoms with Gasteiger partial charge in [0.1, 0.15) is 0 Å². The van der Waals surface area contributed by atoms with E-state index >= 15 is 0 Å². The second-order valence-electron chi connectivity index (χ2n) is 7.88. The molecular formula is C13H2F27NO2S. The summed E-state index contributed by atoms with van der Waals surface area (Å²) in [6, 6.07) is 0. The minimum absolute atomic E-state index is 3.21. The molecule has 0 aromatic heterocycles. The van der Waals surface area contributed by atoms with Crippen molar-refractivity contribution < 1.29 is 127 Å². The minimum atomic E-state index is -9.89. The fraction of sp³-hybridized carbons (Fsp3) is 1.00. The molecule has 3 nitrogen and oxygen atoms in total. The molecule has 44 heavy (non-hydrogen) atoms. The van der Waals surface area contributed by atoms with Crippen molar-refractivity contribution >= 4 is 10.0 Å². The summed E-state index contributed by atoms with van der Waals surface area (Å²) in [6.45, 7) is 0. The summed E-state index contributed by atoms with van der Waals surface area (Å²) in [4.78, 5) is 0. The SMILES string of the molecule is NS(=O)(=O)C(F)(F)C(F)(F)C(F)(F)C(F)(F)C(F)(F)C(F)(F)C(F)(F)C(F)(F)C(F)(F)C(F)(F)C(F)(F)C(F)(F)C(F)(F)F. The van der Waals surface area contributed by atoms with Crippen molar-refractivity contribution in [1.29, 1.82) is 0 Å². The minimum Gasteiger partial charge on any atom is -0.223 e. The van der Waals surface area contributed by atoms with E-state index in [2.05, 4.69) is 5.14 Å². The van der Waals surface area contributed by atoms with E-state index in [1.165, 1.54) is 0 Å². The van der Waals surface area contributed by atoms with Gasteiger partial charge in [-0.25, -0.2) is 13.6 Å². The Balaban J connectivity index is 7.56. The molecule has 0 unspecified atom stereocenters. The van der Waals surface area contributed by atoms with Gasteiger partial charge in [0.05, 0.1) is 0 Å². The van der Waals surface area contributed by atoms with Crippen LogP contribution in [-0.2, 0) is 10.0 Å². The number of hydrogen-bond acceptors (Lipinski definition) is 2. The Bertz CT molecular complexity index is 1190. The zero-order valence-corrected chi connectivity index (χ0v) is 19.3. The third kappa shape index (κ3) is 4.61. The summed E-state index contributed by atoms with van der Waals surface area (Å²) >= 11 is 0. The number of hydrogen-bond donors (Lipinski definition) is 1. The van der Waals surface area contributed by atoms with E-state index in [0.717, 1.165) is 0 Å². The summed E-state index contributed by atoms with van der Waals surface area (Å²) in [5, 5.41) is -4.85. The van der Waals surface area contributed by atoms with Crippen LogP contribution >= 0.6 is 0 Å². The van der Waals surface area contributed by atoms with Crippen LogP contribution in [0.4, 0.5) is 119 Å². The number of alkyl halides is 27. The maximum absolute atomic E-state index is 13.6. The van der Waals surface area contributed by atoms with Gasteiger partial charge in [-0.3, -0.25) is 0 Å². The summed E-state index contributed by atoms with van der Waals surface area (Å²) in [5.74, 6) is -104. The summed E-state index contributed by atoms with van der Waals surface area (Å²) in [6.07, 6.45) is -8.28. The summed E-state index contributed by atoms with van der Waals surface area (Å²) < 4.78 is 377. The molecule has 0 spiro atoms. The predicted octanol–water partition coefficient (Wildman–Crippen LogP) is 7.42. The molecule has 0 amide bonds. The van der Waals surface area contributed by atoms with Crippen molar-refractivity contribution in [1.82, 2.24) is 0 Å². The Kier molecular flexibility index (Phi) is 9.33. The molecule has 0 aliphatic heterocycles. The van der Waals surface area contributed by atoms with Gasteiger partial charge in [0.15, 0.2) is 0 Å². The van der Waals surface area contributed by atoms with Crippen molar-refractivity contribution in [2.45, 2.75) is 76.6 Å². The molecule has 2 N–H and O–H groups in total. The standard InChI is InChI=1S/C13H2F27NO2S/c14-1(15,2(16,17)4(20,21)6(24,25)8(28,29)10(32,33)12(36,37)38)3(18,19)5(22,23)7(26,27)9(30,31)11(34,35)13(39,40)44(41,42)43/h(H2,41,42,43). The van der Waals surface area contributed by atoms with Gasteiger partial charge < -0.3 is 0 Å². The first kappa shape index (κ1) is 42.0. The average molecular weight is 749 g/mol. The fourth-order valence-electron chi connectivity index (χ4n) is 2.31. The Morgan fingerprint density at radius 1 is 0.273 bits per heavy atom. The van der Waals surface area contributed by atoms with Crippen LogP contribution in [-0.4, -0.2) is 85.0 Å². The van der Waals surface area contributed by atoms with Crippen molar-refractivity contribution in [2.75, 3.05) is 0 Å². The Hall–Kier alpha value is -1.98. The lowest BCUT2D eigenvalue weighted by Crippen LogP contribution is -2.79. The van der Waals surface area contributed by atoms with Gasteiger partial charge in [-0.1, -0.05) is 0 Å². The molecule has 0 saturated carbocycles. The number of primary sulfonamides is 1. The topological polar surface area (TPSA) is 60.2 Å². The Morgan fingerprint density at radius 2 is 0.409 bits per heavy atom. The molecule has 266 valence electrons. The summed E-state index contributed by atoms with van der Waals surface area (Å²) in [5.41, 5.74) is 0. The maximum atomic E-state index is 13.6. The highest BCUT2D eigenvalue weighted by atomic mass is 32.2. The van der Waals surface area contributed by atoms with E-state index in [-0.39, 0.29) is 0 Å². The van der Waals surface area contributed by atoms with Gasteiger partial charge in [0, 0.05) is 0 Å². The summed E-state index contributed by atoms with van der Waals surface area (Å²) in [7, 11) is -7.80. The van der Waals surface area contributed by atoms with Crippen LogP contribution in [0.1, 0.15) is 0 Å². The lowest BCUT2D eigenvalue weighted by molar-refractivity contribution is -0.483. The first-order chi connectivity index (χ1) is 18.2. The first-order valence-electron chi connectivity index (χ1n) is 8.88. The smallest absolute Gasteiger partial charge is 0.223 e. The lowest BCUT2D eigenvalue weighted by Gasteiger charge is -2.45. The van der Waals surface area contributed by atoms with Gasteiger partial charge in [-0.05, 0) is 0 Å². The van der Waals surface area contributed by atoms with Gasteiger partial charge in [0.2, 0.25) is 0 Å². The molecule has 0 rings (SSSR count). The molecule has 0 bridgehead atoms. The Labute approximate surface area is 220 Å². The van der Waals surface area contributed by atoms with Gasteiger partial charge >= 0.3 is 76.6 Å². The number of sulfonamides is 1. The quantitative estimate of drug-likeness (QED) is 0.212. The van der Waals surface area contributed by atoms with Crippen LogP contribution in [0.2, 0.25) is 0 Å². The zero-order chi connectivity index (χ0) is 37.0. The molecule has 0 fully saturated rings. The predicted molar refractivity (Wildman–Crippen MR) is 78.5 cm³/mol. The molecule has 31 heteroatoms. The largest absolute Gasteiger partial charge is 0.460 e. The van der Waals surface area contributed by atoms with Gasteiger partial charge in [-0.15, -0.1) is 0 Å². The third-order valence-electron chi connectivity index (χ3n) is 5.02. The van der Waals surface area contributed by atoms with E-state index in [1.54, 1.807) is 0 Å². The zero-order valence-electron chi connectivity index (χ0n) is 18.5. The van der Waals surface area contributed by atoms with Crippen molar-refractivity contribution in [3.8, 4) is 0 Å². The van der Waals surface area contributed by atoms with Crippen LogP contribution in [0.5, 0.6) is 0 Å². The molecule has 0 saturated heterocycles. The monoisotopic (exact) mass is 749 g/mol. The second-order valence-corrected chi connectivity index (χ2v) is 9.48. The van der Waals surface area contributed by atoms with E-state index in [0.29, 0.717) is 0 Å².